The van der Waals surface area contributed by atoms with Crippen LogP contribution in [-0.2, 0) is 4.74 Å². The molecule has 0 aromatic rings. The molecule has 1 N–H and O–H groups in total. The number of aliphatic hydroxyl groups is 1. The molecule has 2 heteroatoms. The number of rotatable bonds is 1. The average molecular weight is 170 g/mol. The normalized spacial score (nSPS) is 50.0. The zero-order valence-corrected chi connectivity index (χ0v) is 8.13. The van der Waals surface area contributed by atoms with E-state index >= 15 is 0 Å². The number of hydrogen-bond acceptors (Lipinski definition) is 2. The van der Waals surface area contributed by atoms with E-state index in [1.165, 1.54) is 0 Å². The van der Waals surface area contributed by atoms with E-state index in [9.17, 15) is 5.11 Å². The van der Waals surface area contributed by atoms with E-state index in [1.54, 1.807) is 0 Å². The fraction of sp³-hybridized carbons (Fsp3) is 1.00. The molecule has 0 radical (unpaired) electrons. The van der Waals surface area contributed by atoms with Gasteiger partial charge >= 0.3 is 0 Å². The van der Waals surface area contributed by atoms with E-state index in [0.717, 1.165) is 19.3 Å². The Morgan fingerprint density at radius 3 is 2.67 bits per heavy atom. The lowest BCUT2D eigenvalue weighted by molar-refractivity contribution is 0.0121. The third-order valence-electron chi connectivity index (χ3n) is 3.70. The van der Waals surface area contributed by atoms with Gasteiger partial charge in [0.25, 0.3) is 0 Å². The maximum atomic E-state index is 9.92. The van der Waals surface area contributed by atoms with Crippen LogP contribution in [0, 0.1) is 5.41 Å². The molecule has 70 valence electrons. The van der Waals surface area contributed by atoms with Crippen LogP contribution in [-0.4, -0.2) is 22.9 Å². The van der Waals surface area contributed by atoms with Crippen molar-refractivity contribution in [2.45, 2.75) is 57.8 Å². The van der Waals surface area contributed by atoms with Crippen LogP contribution < -0.4 is 0 Å². The summed E-state index contributed by atoms with van der Waals surface area (Å²) in [6.07, 6.45) is 3.12. The summed E-state index contributed by atoms with van der Waals surface area (Å²) < 4.78 is 5.61. The smallest absolute Gasteiger partial charge is 0.114 e. The third-order valence-corrected chi connectivity index (χ3v) is 3.70. The van der Waals surface area contributed by atoms with Gasteiger partial charge in [0.2, 0.25) is 0 Å². The fourth-order valence-electron chi connectivity index (χ4n) is 2.32. The standard InChI is InChI=1S/C10H18O2/c1-4-10-6-5-9(2,3)7(11)8(10)12-10/h7-8,11H,4-6H2,1-3H3/t7-,8-,10+/m1/s1. The summed E-state index contributed by atoms with van der Waals surface area (Å²) in [6, 6.07) is 0. The minimum absolute atomic E-state index is 0.0554. The first-order valence-electron chi connectivity index (χ1n) is 4.88. The molecule has 2 aliphatic rings. The Kier molecular flexibility index (Phi) is 1.59. The maximum Gasteiger partial charge on any atom is 0.114 e. The van der Waals surface area contributed by atoms with E-state index in [0.29, 0.717) is 0 Å². The molecule has 0 aromatic carbocycles. The first-order valence-corrected chi connectivity index (χ1v) is 4.88. The summed E-state index contributed by atoms with van der Waals surface area (Å²) in [5, 5.41) is 9.92. The third kappa shape index (κ3) is 0.944. The molecule has 0 amide bonds. The van der Waals surface area contributed by atoms with Crippen LogP contribution in [0.3, 0.4) is 0 Å². The fourth-order valence-corrected chi connectivity index (χ4v) is 2.32. The number of hydrogen-bond donors (Lipinski definition) is 1. The highest BCUT2D eigenvalue weighted by molar-refractivity contribution is 5.12. The van der Waals surface area contributed by atoms with Crippen LogP contribution >= 0.6 is 0 Å². The molecule has 2 rings (SSSR count). The average Bonchev–Trinajstić information content (AvgIpc) is 2.74. The zero-order valence-electron chi connectivity index (χ0n) is 8.13. The molecule has 12 heavy (non-hydrogen) atoms. The summed E-state index contributed by atoms with van der Waals surface area (Å²) >= 11 is 0. The van der Waals surface area contributed by atoms with Crippen LogP contribution in [0.4, 0.5) is 0 Å². The van der Waals surface area contributed by atoms with Crippen LogP contribution in [0.1, 0.15) is 40.0 Å². The molecule has 0 unspecified atom stereocenters. The minimum Gasteiger partial charge on any atom is -0.390 e. The van der Waals surface area contributed by atoms with Gasteiger partial charge in [-0.2, -0.15) is 0 Å². The van der Waals surface area contributed by atoms with Crippen molar-refractivity contribution in [3.63, 3.8) is 0 Å². The molecule has 2 fully saturated rings. The van der Waals surface area contributed by atoms with Gasteiger partial charge in [0.1, 0.15) is 6.10 Å². The molecular formula is C10H18O2. The van der Waals surface area contributed by atoms with Gasteiger partial charge in [-0.1, -0.05) is 20.8 Å². The highest BCUT2D eigenvalue weighted by Crippen LogP contribution is 2.55. The Bertz CT molecular complexity index is 200. The van der Waals surface area contributed by atoms with E-state index in [1.807, 2.05) is 0 Å². The SMILES string of the molecule is CC[C@]12CCC(C)(C)[C@H](O)[C@H]1O2. The molecule has 2 nitrogen and oxygen atoms in total. The number of ether oxygens (including phenoxy) is 1. The summed E-state index contributed by atoms with van der Waals surface area (Å²) in [5.41, 5.74) is 0.120. The molecule has 1 saturated carbocycles. The predicted molar refractivity (Wildman–Crippen MR) is 46.9 cm³/mol. The molecular weight excluding hydrogens is 152 g/mol. The number of epoxide rings is 1. The van der Waals surface area contributed by atoms with Crippen molar-refractivity contribution in [1.29, 1.82) is 0 Å². The lowest BCUT2D eigenvalue weighted by Gasteiger charge is -2.35. The van der Waals surface area contributed by atoms with Gasteiger partial charge in [0.15, 0.2) is 0 Å². The molecule has 1 aliphatic carbocycles. The van der Waals surface area contributed by atoms with E-state index in [4.69, 9.17) is 4.74 Å². The van der Waals surface area contributed by atoms with E-state index < -0.39 is 0 Å². The Hall–Kier alpha value is -0.0800. The second-order valence-electron chi connectivity index (χ2n) is 4.89. The second-order valence-corrected chi connectivity index (χ2v) is 4.89. The van der Waals surface area contributed by atoms with Crippen LogP contribution in [0.15, 0.2) is 0 Å². The monoisotopic (exact) mass is 170 g/mol. The minimum atomic E-state index is -0.258. The first-order chi connectivity index (χ1) is 5.52. The Morgan fingerprint density at radius 2 is 2.08 bits per heavy atom. The van der Waals surface area contributed by atoms with Gasteiger partial charge in [-0.25, -0.2) is 0 Å². The summed E-state index contributed by atoms with van der Waals surface area (Å²) in [7, 11) is 0. The van der Waals surface area contributed by atoms with Gasteiger partial charge in [0.05, 0.1) is 11.7 Å². The van der Waals surface area contributed by atoms with Gasteiger partial charge in [-0.05, 0) is 24.7 Å². The molecule has 1 heterocycles. The number of aliphatic hydroxyl groups excluding tert-OH is 1. The molecule has 1 aliphatic heterocycles. The van der Waals surface area contributed by atoms with Crippen molar-refractivity contribution in [2.24, 2.45) is 5.41 Å². The van der Waals surface area contributed by atoms with E-state index in [2.05, 4.69) is 20.8 Å². The lowest BCUT2D eigenvalue weighted by Crippen LogP contribution is -2.42. The van der Waals surface area contributed by atoms with Crippen LogP contribution in [0.5, 0.6) is 0 Å². The van der Waals surface area contributed by atoms with Gasteiger partial charge in [-0.15, -0.1) is 0 Å². The van der Waals surface area contributed by atoms with Crippen molar-refractivity contribution in [1.82, 2.24) is 0 Å². The predicted octanol–water partition coefficient (Wildman–Crippen LogP) is 1.71. The molecule has 0 bridgehead atoms. The molecule has 0 spiro atoms. The highest BCUT2D eigenvalue weighted by Gasteiger charge is 2.64. The highest BCUT2D eigenvalue weighted by atomic mass is 16.6. The van der Waals surface area contributed by atoms with Gasteiger partial charge in [0, 0.05) is 0 Å². The second kappa shape index (κ2) is 2.24. The zero-order chi connectivity index (χ0) is 8.98. The quantitative estimate of drug-likeness (QED) is 0.608. The molecule has 1 saturated heterocycles. The van der Waals surface area contributed by atoms with Crippen molar-refractivity contribution >= 4 is 0 Å². The molecule has 3 atom stereocenters. The summed E-state index contributed by atoms with van der Waals surface area (Å²) in [4.78, 5) is 0. The Morgan fingerprint density at radius 1 is 1.42 bits per heavy atom. The summed E-state index contributed by atoms with van der Waals surface area (Å²) in [5.74, 6) is 0. The van der Waals surface area contributed by atoms with Crippen molar-refractivity contribution in [3.8, 4) is 0 Å². The summed E-state index contributed by atoms with van der Waals surface area (Å²) in [6.45, 7) is 6.39. The van der Waals surface area contributed by atoms with Crippen molar-refractivity contribution in [2.75, 3.05) is 0 Å². The van der Waals surface area contributed by atoms with Gasteiger partial charge in [-0.3, -0.25) is 0 Å². The van der Waals surface area contributed by atoms with Crippen LogP contribution in [0.25, 0.3) is 0 Å². The van der Waals surface area contributed by atoms with Gasteiger partial charge < -0.3 is 9.84 Å². The number of fused-ring (bicyclic) bond motifs is 1. The molecule has 0 aromatic heterocycles. The van der Waals surface area contributed by atoms with E-state index in [-0.39, 0.29) is 23.2 Å². The topological polar surface area (TPSA) is 32.8 Å². The Balaban J connectivity index is 2.13. The maximum absolute atomic E-state index is 9.92. The van der Waals surface area contributed by atoms with Crippen LogP contribution in [0.2, 0.25) is 0 Å². The van der Waals surface area contributed by atoms with Crippen molar-refractivity contribution < 1.29 is 9.84 Å². The largest absolute Gasteiger partial charge is 0.390 e. The van der Waals surface area contributed by atoms with Crippen molar-refractivity contribution in [3.05, 3.63) is 0 Å². The Labute approximate surface area is 73.9 Å². The lowest BCUT2D eigenvalue weighted by atomic mass is 9.70. The first kappa shape index (κ1) is 8.52.